The van der Waals surface area contributed by atoms with Crippen LogP contribution in [0.15, 0.2) is 336 Å². The molecule has 0 saturated carbocycles. The molecule has 21 aromatic rings. The van der Waals surface area contributed by atoms with Crippen LogP contribution in [0.2, 0.25) is 0 Å². The molecule has 1 unspecified atom stereocenters. The fourth-order valence-electron chi connectivity index (χ4n) is 16.7. The molecule has 6 aromatic heterocycles. The molecule has 0 amide bonds. The van der Waals surface area contributed by atoms with E-state index < -0.39 is 0 Å². The summed E-state index contributed by atoms with van der Waals surface area (Å²) >= 11 is 0. The van der Waals surface area contributed by atoms with Gasteiger partial charge in [-0.2, -0.15) is 0 Å². The number of furan rings is 2. The van der Waals surface area contributed by atoms with Crippen molar-refractivity contribution in [1.29, 1.82) is 0 Å². The molecule has 21 rings (SSSR count). The summed E-state index contributed by atoms with van der Waals surface area (Å²) in [5.74, 6) is -0.0827. The van der Waals surface area contributed by atoms with Gasteiger partial charge in [0.1, 0.15) is 16.7 Å². The summed E-state index contributed by atoms with van der Waals surface area (Å²) in [5.41, 5.74) is 26.8. The van der Waals surface area contributed by atoms with Gasteiger partial charge in [0.2, 0.25) is 0 Å². The highest BCUT2D eigenvalue weighted by Crippen LogP contribution is 2.55. The van der Waals surface area contributed by atoms with Crippen molar-refractivity contribution in [3.8, 4) is 44.5 Å². The lowest BCUT2D eigenvalue weighted by Crippen LogP contribution is -2.10. The molecule has 446 valence electrons. The maximum atomic E-state index is 6.78. The summed E-state index contributed by atoms with van der Waals surface area (Å²) in [6.07, 6.45) is 0. The number of benzene rings is 15. The molecule has 5 nitrogen and oxygen atoms in total. The number of para-hydroxylation sites is 7. The fourth-order valence-corrected chi connectivity index (χ4v) is 16.7. The van der Waals surface area contributed by atoms with Crippen LogP contribution in [-0.4, -0.2) is 8.80 Å². The molecule has 0 bridgehead atoms. The molecule has 5 heteroatoms. The lowest BCUT2D eigenvalue weighted by atomic mass is 9.83. The third-order valence-corrected chi connectivity index (χ3v) is 20.6. The third kappa shape index (κ3) is 7.56. The fraction of sp³-hybridized carbons (Fsp3) is 0.0110. The zero-order valence-electron chi connectivity index (χ0n) is 51.9. The van der Waals surface area contributed by atoms with Gasteiger partial charge in [0.05, 0.1) is 38.8 Å². The van der Waals surface area contributed by atoms with Crippen LogP contribution in [0.1, 0.15) is 22.6 Å². The van der Waals surface area contributed by atoms with Gasteiger partial charge in [-0.25, -0.2) is 0 Å². The van der Waals surface area contributed by atoms with Crippen molar-refractivity contribution in [2.24, 2.45) is 0 Å². The Bertz CT molecular complexity index is 6290. The normalized spacial score (nSPS) is 12.5. The molecular formula is C91H55N3O2. The monoisotopic (exact) mass is 1220 g/mol. The lowest BCUT2D eigenvalue weighted by molar-refractivity contribution is 0.661. The highest BCUT2D eigenvalue weighted by molar-refractivity contribution is 6.38. The molecule has 15 aromatic carbocycles. The van der Waals surface area contributed by atoms with Crippen LogP contribution in [0.4, 0.5) is 17.1 Å². The number of anilines is 3. The number of fused-ring (bicyclic) bond motifs is 18. The average Bonchev–Trinajstić information content (AvgIpc) is 1.49. The highest BCUT2D eigenvalue weighted by Gasteiger charge is 2.32. The van der Waals surface area contributed by atoms with E-state index in [9.17, 15) is 0 Å². The van der Waals surface area contributed by atoms with Crippen LogP contribution in [0.5, 0.6) is 0 Å². The Kier molecular flexibility index (Phi) is 11.2. The Hall–Kier alpha value is -12.7. The summed E-state index contributed by atoms with van der Waals surface area (Å²) in [7, 11) is 0. The summed E-state index contributed by atoms with van der Waals surface area (Å²) in [6.45, 7) is 0. The zero-order chi connectivity index (χ0) is 62.7. The first kappa shape index (κ1) is 52.9. The summed E-state index contributed by atoms with van der Waals surface area (Å²) < 4.78 is 18.8. The van der Waals surface area contributed by atoms with Crippen molar-refractivity contribution < 1.29 is 8.83 Å². The minimum atomic E-state index is -0.0827. The molecule has 0 fully saturated rings. The molecule has 0 spiro atoms. The number of hydrogen-bond donors (Lipinski definition) is 0. The molecule has 0 radical (unpaired) electrons. The Morgan fingerprint density at radius 2 is 0.677 bits per heavy atom. The molecule has 0 saturated heterocycles. The van der Waals surface area contributed by atoms with Crippen LogP contribution < -0.4 is 4.90 Å². The molecule has 96 heavy (non-hydrogen) atoms. The summed E-state index contributed by atoms with van der Waals surface area (Å²) in [4.78, 5) is 2.34. The van der Waals surface area contributed by atoms with Crippen molar-refractivity contribution in [3.05, 3.63) is 344 Å². The predicted octanol–water partition coefficient (Wildman–Crippen LogP) is 25.1. The molecule has 0 aliphatic heterocycles. The van der Waals surface area contributed by atoms with Crippen molar-refractivity contribution >= 4 is 137 Å². The van der Waals surface area contributed by atoms with Gasteiger partial charge in [-0.15, -0.1) is 0 Å². The van der Waals surface area contributed by atoms with Gasteiger partial charge in [0, 0.05) is 98.6 Å². The van der Waals surface area contributed by atoms with Crippen LogP contribution in [0, 0.1) is 0 Å². The van der Waals surface area contributed by atoms with E-state index in [1.54, 1.807) is 0 Å². The van der Waals surface area contributed by atoms with Crippen molar-refractivity contribution in [2.75, 3.05) is 4.90 Å². The first-order valence-corrected chi connectivity index (χ1v) is 33.1. The number of nitrogens with zero attached hydrogens (tertiary/aromatic N) is 3. The molecule has 6 heterocycles. The Balaban J connectivity index is 0.805. The van der Waals surface area contributed by atoms with Crippen LogP contribution in [0.25, 0.3) is 165 Å². The van der Waals surface area contributed by atoms with Gasteiger partial charge in [-0.1, -0.05) is 273 Å². The molecular weight excluding hydrogens is 1170 g/mol. The van der Waals surface area contributed by atoms with E-state index in [1.165, 1.54) is 110 Å². The Morgan fingerprint density at radius 1 is 0.260 bits per heavy atom. The second-order valence-electron chi connectivity index (χ2n) is 25.7. The van der Waals surface area contributed by atoms with E-state index in [1.807, 2.05) is 6.07 Å². The van der Waals surface area contributed by atoms with Gasteiger partial charge in [0.15, 0.2) is 5.58 Å². The minimum absolute atomic E-state index is 0.0827. The topological polar surface area (TPSA) is 38.3 Å². The third-order valence-electron chi connectivity index (χ3n) is 20.6. The smallest absolute Gasteiger partial charge is 0.159 e. The van der Waals surface area contributed by atoms with Crippen molar-refractivity contribution in [2.45, 2.75) is 5.92 Å². The number of rotatable bonds is 10. The second kappa shape index (κ2) is 20.4. The predicted molar refractivity (Wildman–Crippen MR) is 401 cm³/mol. The summed E-state index contributed by atoms with van der Waals surface area (Å²) in [6, 6.07) is 120. The van der Waals surface area contributed by atoms with Crippen LogP contribution in [0.3, 0.4) is 0 Å². The SMILES string of the molecule is c1ccc(-c2c3c4cccc5c6ccc(-c7cccc(C(c8ccccc8)c8cccc9c8oc8ccccc89)c7)cc6n(c3c(-c3ccccc3)c3c6cccc7c8ccc(-c9cccc(N(c%10ccccc%10)c%10cccc%11c%10oc%10ccccc%10%11)c9)cc8n(c23)c76)c54)cc1. The average molecular weight is 1220 g/mol. The zero-order valence-corrected chi connectivity index (χ0v) is 51.9. The maximum Gasteiger partial charge on any atom is 0.159 e. The molecule has 0 aliphatic rings. The van der Waals surface area contributed by atoms with Crippen LogP contribution >= 0.6 is 0 Å². The van der Waals surface area contributed by atoms with E-state index in [2.05, 4.69) is 335 Å². The van der Waals surface area contributed by atoms with Gasteiger partial charge in [-0.3, -0.25) is 0 Å². The standard InChI is InChI=1S/C91H55N3O2/c1-5-23-55(24-6-1)81(75-43-21-39-71-67-35-13-15-45-79(67)95-90(71)75)62-31-17-29-58(51-62)60-47-49-65-69-37-19-41-73-84-83(57-27-9-3-10-28-57)89-85(82(56-25-7-2-8-26-56)88(84)93(86(69)73)77(65)53-60)74-42-20-38-70-66-50-48-61(54-78(66)94(89)87(70)74)59-30-18-34-64(52-59)92(63-32-11-4-12-33-63)76-44-22-40-72-68-36-14-16-46-80(68)96-91(72)76/h1-54,81H. The van der Waals surface area contributed by atoms with Crippen LogP contribution in [-0.2, 0) is 0 Å². The first-order chi connectivity index (χ1) is 47.7. The lowest BCUT2D eigenvalue weighted by Gasteiger charge is -2.26. The van der Waals surface area contributed by atoms with Crippen molar-refractivity contribution in [1.82, 2.24) is 8.80 Å². The van der Waals surface area contributed by atoms with E-state index in [4.69, 9.17) is 8.83 Å². The first-order valence-electron chi connectivity index (χ1n) is 33.1. The molecule has 1 atom stereocenters. The Labute approximate surface area is 551 Å². The highest BCUT2D eigenvalue weighted by atomic mass is 16.3. The molecule has 0 aliphatic carbocycles. The van der Waals surface area contributed by atoms with E-state index >= 15 is 0 Å². The number of aromatic nitrogens is 2. The number of hydrogen-bond acceptors (Lipinski definition) is 3. The largest absolute Gasteiger partial charge is 0.456 e. The van der Waals surface area contributed by atoms with E-state index in [-0.39, 0.29) is 5.92 Å². The molecule has 0 N–H and O–H groups in total. The van der Waals surface area contributed by atoms with Gasteiger partial charge >= 0.3 is 0 Å². The van der Waals surface area contributed by atoms with Gasteiger partial charge in [0.25, 0.3) is 0 Å². The second-order valence-corrected chi connectivity index (χ2v) is 25.7. The minimum Gasteiger partial charge on any atom is -0.456 e. The maximum absolute atomic E-state index is 6.78. The quantitative estimate of drug-likeness (QED) is 0.128. The van der Waals surface area contributed by atoms with Gasteiger partial charge < -0.3 is 22.5 Å². The van der Waals surface area contributed by atoms with E-state index in [0.717, 1.165) is 88.8 Å². The van der Waals surface area contributed by atoms with Gasteiger partial charge in [-0.05, 0) is 99.1 Å². The Morgan fingerprint density at radius 3 is 1.28 bits per heavy atom. The summed E-state index contributed by atoms with van der Waals surface area (Å²) in [5, 5.41) is 14.3. The van der Waals surface area contributed by atoms with E-state index in [0.29, 0.717) is 0 Å². The van der Waals surface area contributed by atoms with Crippen molar-refractivity contribution in [3.63, 3.8) is 0 Å².